The second-order valence-corrected chi connectivity index (χ2v) is 5.94. The number of anilines is 1. The molecule has 0 unspecified atom stereocenters. The van der Waals surface area contributed by atoms with Gasteiger partial charge in [0.1, 0.15) is 0 Å². The van der Waals surface area contributed by atoms with E-state index >= 15 is 0 Å². The highest BCUT2D eigenvalue weighted by molar-refractivity contribution is 14.1. The van der Waals surface area contributed by atoms with Gasteiger partial charge in [0, 0.05) is 28.9 Å². The predicted molar refractivity (Wildman–Crippen MR) is 95.0 cm³/mol. The van der Waals surface area contributed by atoms with Crippen LogP contribution in [0.5, 0.6) is 0 Å². The van der Waals surface area contributed by atoms with Gasteiger partial charge in [0.05, 0.1) is 6.21 Å². The molecule has 0 fully saturated rings. The lowest BCUT2D eigenvalue weighted by molar-refractivity contribution is 0.0955. The lowest BCUT2D eigenvalue weighted by Crippen LogP contribution is -2.17. The summed E-state index contributed by atoms with van der Waals surface area (Å²) in [4.78, 5) is 13.9. The molecule has 2 aromatic carbocycles. The zero-order chi connectivity index (χ0) is 15.2. The Morgan fingerprint density at radius 3 is 2.52 bits per heavy atom. The van der Waals surface area contributed by atoms with Gasteiger partial charge < -0.3 is 4.90 Å². The Labute approximate surface area is 138 Å². The first kappa shape index (κ1) is 15.5. The molecule has 0 atom stereocenters. The quantitative estimate of drug-likeness (QED) is 0.493. The fourth-order valence-electron chi connectivity index (χ4n) is 1.73. The molecule has 1 amide bonds. The molecule has 0 radical (unpaired) electrons. The molecule has 5 heteroatoms. The van der Waals surface area contributed by atoms with E-state index in [1.54, 1.807) is 18.3 Å². The van der Waals surface area contributed by atoms with E-state index in [0.717, 1.165) is 14.8 Å². The molecule has 0 heterocycles. The number of nitrogens with one attached hydrogen (secondary N) is 1. The first-order valence-electron chi connectivity index (χ1n) is 6.42. The third kappa shape index (κ3) is 4.56. The average molecular weight is 393 g/mol. The summed E-state index contributed by atoms with van der Waals surface area (Å²) < 4.78 is 1.13. The zero-order valence-corrected chi connectivity index (χ0v) is 14.0. The fraction of sp³-hybridized carbons (Fsp3) is 0.125. The van der Waals surface area contributed by atoms with E-state index < -0.39 is 0 Å². The van der Waals surface area contributed by atoms with Crippen molar-refractivity contribution in [2.45, 2.75) is 0 Å². The third-order valence-corrected chi connectivity index (χ3v) is 3.55. The van der Waals surface area contributed by atoms with Gasteiger partial charge in [0.2, 0.25) is 0 Å². The molecule has 1 N–H and O–H groups in total. The number of hydrogen-bond acceptors (Lipinski definition) is 3. The van der Waals surface area contributed by atoms with Crippen molar-refractivity contribution in [2.75, 3.05) is 19.0 Å². The standard InChI is InChI=1S/C16H16IN3O/c1-20(2)15-8-6-13(7-9-15)16(21)19-18-11-12-4-3-5-14(17)10-12/h3-11H,1-2H3,(H,19,21). The van der Waals surface area contributed by atoms with Gasteiger partial charge in [-0.05, 0) is 64.6 Å². The SMILES string of the molecule is CN(C)c1ccc(C(=O)NN=Cc2cccc(I)c2)cc1. The van der Waals surface area contributed by atoms with Gasteiger partial charge in [-0.1, -0.05) is 12.1 Å². The topological polar surface area (TPSA) is 44.7 Å². The maximum absolute atomic E-state index is 11.9. The molecule has 108 valence electrons. The minimum atomic E-state index is -0.220. The molecule has 21 heavy (non-hydrogen) atoms. The van der Waals surface area contributed by atoms with Crippen LogP contribution in [0.25, 0.3) is 0 Å². The smallest absolute Gasteiger partial charge is 0.271 e. The van der Waals surface area contributed by atoms with E-state index in [1.807, 2.05) is 55.4 Å². The summed E-state index contributed by atoms with van der Waals surface area (Å²) in [5.41, 5.74) is 5.11. The van der Waals surface area contributed by atoms with Gasteiger partial charge in [0.25, 0.3) is 5.91 Å². The van der Waals surface area contributed by atoms with Crippen LogP contribution in [-0.2, 0) is 0 Å². The number of nitrogens with zero attached hydrogens (tertiary/aromatic N) is 2. The largest absolute Gasteiger partial charge is 0.378 e. The average Bonchev–Trinajstić information content (AvgIpc) is 2.47. The Bertz CT molecular complexity index is 651. The zero-order valence-electron chi connectivity index (χ0n) is 11.9. The highest BCUT2D eigenvalue weighted by Gasteiger charge is 2.04. The molecule has 0 aromatic heterocycles. The van der Waals surface area contributed by atoms with Crippen LogP contribution in [0.1, 0.15) is 15.9 Å². The summed E-state index contributed by atoms with van der Waals surface area (Å²) >= 11 is 2.24. The number of rotatable bonds is 4. The number of benzene rings is 2. The Morgan fingerprint density at radius 2 is 1.90 bits per heavy atom. The highest BCUT2D eigenvalue weighted by Crippen LogP contribution is 2.12. The molecule has 4 nitrogen and oxygen atoms in total. The van der Waals surface area contributed by atoms with E-state index in [9.17, 15) is 4.79 Å². The molecule has 0 saturated carbocycles. The Morgan fingerprint density at radius 1 is 1.19 bits per heavy atom. The first-order valence-corrected chi connectivity index (χ1v) is 7.50. The van der Waals surface area contributed by atoms with Crippen LogP contribution in [0.2, 0.25) is 0 Å². The Kier molecular flexibility index (Phi) is 5.32. The summed E-state index contributed by atoms with van der Waals surface area (Å²) in [7, 11) is 3.92. The Hall–Kier alpha value is -1.89. The first-order chi connectivity index (χ1) is 10.1. The van der Waals surface area contributed by atoms with Crippen LogP contribution in [0.15, 0.2) is 53.6 Å². The normalized spacial score (nSPS) is 10.6. The van der Waals surface area contributed by atoms with Crippen molar-refractivity contribution in [3.05, 3.63) is 63.2 Å². The summed E-state index contributed by atoms with van der Waals surface area (Å²) in [5.74, 6) is -0.220. The minimum absolute atomic E-state index is 0.220. The van der Waals surface area contributed by atoms with Gasteiger partial charge in [0.15, 0.2) is 0 Å². The molecule has 0 aliphatic rings. The Balaban J connectivity index is 1.98. The number of hydrazone groups is 1. The summed E-state index contributed by atoms with van der Waals surface area (Å²) in [6.45, 7) is 0. The number of carbonyl (C=O) groups is 1. The molecule has 0 spiro atoms. The lowest BCUT2D eigenvalue weighted by atomic mass is 10.2. The molecule has 0 aliphatic heterocycles. The van der Waals surface area contributed by atoms with Gasteiger partial charge in [-0.3, -0.25) is 4.79 Å². The molecule has 2 aromatic rings. The van der Waals surface area contributed by atoms with Crippen molar-refractivity contribution in [3.63, 3.8) is 0 Å². The number of carbonyl (C=O) groups excluding carboxylic acids is 1. The van der Waals surface area contributed by atoms with Crippen LogP contribution in [-0.4, -0.2) is 26.2 Å². The summed E-state index contributed by atoms with van der Waals surface area (Å²) in [5, 5.41) is 3.98. The second-order valence-electron chi connectivity index (χ2n) is 4.70. The van der Waals surface area contributed by atoms with Crippen molar-refractivity contribution in [1.82, 2.24) is 5.43 Å². The van der Waals surface area contributed by atoms with E-state index in [4.69, 9.17) is 0 Å². The van der Waals surface area contributed by atoms with Crippen LogP contribution >= 0.6 is 22.6 Å². The van der Waals surface area contributed by atoms with E-state index in [0.29, 0.717) is 5.56 Å². The van der Waals surface area contributed by atoms with Gasteiger partial charge in [-0.15, -0.1) is 0 Å². The van der Waals surface area contributed by atoms with Crippen molar-refractivity contribution in [1.29, 1.82) is 0 Å². The molecular weight excluding hydrogens is 377 g/mol. The second kappa shape index (κ2) is 7.21. The number of hydrogen-bond donors (Lipinski definition) is 1. The lowest BCUT2D eigenvalue weighted by Gasteiger charge is -2.12. The molecule has 0 saturated heterocycles. The van der Waals surface area contributed by atoms with E-state index in [2.05, 4.69) is 33.1 Å². The van der Waals surface area contributed by atoms with E-state index in [-0.39, 0.29) is 5.91 Å². The minimum Gasteiger partial charge on any atom is -0.378 e. The van der Waals surface area contributed by atoms with Crippen molar-refractivity contribution < 1.29 is 4.79 Å². The van der Waals surface area contributed by atoms with Gasteiger partial charge in [-0.2, -0.15) is 5.10 Å². The van der Waals surface area contributed by atoms with Crippen LogP contribution in [0, 0.1) is 3.57 Å². The van der Waals surface area contributed by atoms with Crippen molar-refractivity contribution in [2.24, 2.45) is 5.10 Å². The molecule has 0 bridgehead atoms. The predicted octanol–water partition coefficient (Wildman–Crippen LogP) is 3.12. The summed E-state index contributed by atoms with van der Waals surface area (Å²) in [6, 6.07) is 15.2. The maximum atomic E-state index is 11.9. The van der Waals surface area contributed by atoms with Crippen LogP contribution < -0.4 is 10.3 Å². The molecule has 0 aliphatic carbocycles. The maximum Gasteiger partial charge on any atom is 0.271 e. The third-order valence-electron chi connectivity index (χ3n) is 2.87. The van der Waals surface area contributed by atoms with E-state index in [1.165, 1.54) is 0 Å². The van der Waals surface area contributed by atoms with Crippen molar-refractivity contribution >= 4 is 40.4 Å². The van der Waals surface area contributed by atoms with Crippen molar-refractivity contribution in [3.8, 4) is 0 Å². The fourth-order valence-corrected chi connectivity index (χ4v) is 2.30. The van der Waals surface area contributed by atoms with Gasteiger partial charge in [-0.25, -0.2) is 5.43 Å². The number of amides is 1. The van der Waals surface area contributed by atoms with Crippen LogP contribution in [0.4, 0.5) is 5.69 Å². The highest BCUT2D eigenvalue weighted by atomic mass is 127. The van der Waals surface area contributed by atoms with Crippen LogP contribution in [0.3, 0.4) is 0 Å². The number of halogens is 1. The summed E-state index contributed by atoms with van der Waals surface area (Å²) in [6.07, 6.45) is 1.63. The molecule has 2 rings (SSSR count). The molecular formula is C16H16IN3O. The van der Waals surface area contributed by atoms with Gasteiger partial charge >= 0.3 is 0 Å². The monoisotopic (exact) mass is 393 g/mol.